The predicted octanol–water partition coefficient (Wildman–Crippen LogP) is 3.67. The van der Waals surface area contributed by atoms with E-state index in [2.05, 4.69) is 28.7 Å². The maximum atomic E-state index is 13.0. The molecule has 0 saturated carbocycles. The van der Waals surface area contributed by atoms with Gasteiger partial charge in [-0.2, -0.15) is 0 Å². The van der Waals surface area contributed by atoms with Gasteiger partial charge in [0.15, 0.2) is 0 Å². The average Bonchev–Trinajstić information content (AvgIpc) is 3.43. The van der Waals surface area contributed by atoms with Crippen LogP contribution in [0.5, 0.6) is 0 Å². The van der Waals surface area contributed by atoms with Gasteiger partial charge in [-0.1, -0.05) is 36.4 Å². The minimum absolute atomic E-state index is 0.173. The Morgan fingerprint density at radius 2 is 1.85 bits per heavy atom. The highest BCUT2D eigenvalue weighted by Crippen LogP contribution is 2.28. The molecule has 1 unspecified atom stereocenters. The van der Waals surface area contributed by atoms with E-state index in [-0.39, 0.29) is 5.91 Å². The highest BCUT2D eigenvalue weighted by molar-refractivity contribution is 7.89. The minimum atomic E-state index is -3.61. The third-order valence-corrected chi connectivity index (χ3v) is 8.36. The number of likely N-dealkylation sites (tertiary alicyclic amines) is 2. The predicted molar refractivity (Wildman–Crippen MR) is 131 cm³/mol. The van der Waals surface area contributed by atoms with E-state index in [0.29, 0.717) is 36.9 Å². The van der Waals surface area contributed by atoms with Gasteiger partial charge in [0, 0.05) is 38.6 Å². The topological polar surface area (TPSA) is 69.7 Å². The van der Waals surface area contributed by atoms with Gasteiger partial charge in [0.05, 0.1) is 4.90 Å². The first-order valence-corrected chi connectivity index (χ1v) is 13.6. The maximum Gasteiger partial charge on any atom is 0.240 e. The molecule has 0 radical (unpaired) electrons. The highest BCUT2D eigenvalue weighted by Gasteiger charge is 2.22. The van der Waals surface area contributed by atoms with Gasteiger partial charge in [0.1, 0.15) is 0 Å². The second-order valence-electron chi connectivity index (χ2n) is 9.20. The summed E-state index contributed by atoms with van der Waals surface area (Å²) in [7, 11) is -3.61. The Hall–Kier alpha value is -2.22. The largest absolute Gasteiger partial charge is 0.343 e. The Balaban J connectivity index is 1.46. The summed E-state index contributed by atoms with van der Waals surface area (Å²) >= 11 is 0. The van der Waals surface area contributed by atoms with Gasteiger partial charge in [-0.3, -0.25) is 4.79 Å². The van der Waals surface area contributed by atoms with E-state index in [4.69, 9.17) is 0 Å². The molecule has 2 heterocycles. The Bertz CT molecular complexity index is 1060. The van der Waals surface area contributed by atoms with E-state index in [0.717, 1.165) is 49.2 Å². The van der Waals surface area contributed by atoms with Gasteiger partial charge in [-0.05, 0) is 74.4 Å². The lowest BCUT2D eigenvalue weighted by Crippen LogP contribution is -2.31. The molecule has 2 saturated heterocycles. The van der Waals surface area contributed by atoms with E-state index >= 15 is 0 Å². The summed E-state index contributed by atoms with van der Waals surface area (Å²) in [6.07, 6.45) is 5.40. The SMILES string of the molecule is CC1CCCN1CCc1cc(S(=O)(=O)NCCCN2CCCC2=O)ccc1-c1ccccc1. The number of sulfonamides is 1. The van der Waals surface area contributed by atoms with Gasteiger partial charge < -0.3 is 9.80 Å². The maximum absolute atomic E-state index is 13.0. The van der Waals surface area contributed by atoms with Crippen LogP contribution in [0.4, 0.5) is 0 Å². The van der Waals surface area contributed by atoms with E-state index in [1.165, 1.54) is 12.8 Å². The standard InChI is InChI=1S/C26H35N3O3S/c1-21-8-5-16-28(21)19-14-23-20-24(12-13-25(23)22-9-3-2-4-10-22)33(31,32)27-15-7-18-29-17-6-11-26(29)30/h2-4,9-10,12-13,20-21,27H,5-8,11,14-19H2,1H3. The Morgan fingerprint density at radius 3 is 2.55 bits per heavy atom. The molecule has 2 aliphatic rings. The molecule has 0 aromatic heterocycles. The van der Waals surface area contributed by atoms with Crippen LogP contribution in [0.25, 0.3) is 11.1 Å². The van der Waals surface area contributed by atoms with Crippen molar-refractivity contribution in [3.05, 3.63) is 54.1 Å². The minimum Gasteiger partial charge on any atom is -0.343 e. The van der Waals surface area contributed by atoms with E-state index in [1.54, 1.807) is 6.07 Å². The average molecular weight is 470 g/mol. The molecule has 6 nitrogen and oxygen atoms in total. The molecule has 1 atom stereocenters. The summed E-state index contributed by atoms with van der Waals surface area (Å²) in [5, 5.41) is 0. The number of nitrogens with zero attached hydrogens (tertiary/aromatic N) is 2. The van der Waals surface area contributed by atoms with Crippen LogP contribution in [-0.4, -0.2) is 62.9 Å². The third kappa shape index (κ3) is 6.02. The Kier molecular flexibility index (Phi) is 7.83. The molecule has 1 N–H and O–H groups in total. The molecule has 0 bridgehead atoms. The van der Waals surface area contributed by atoms with Crippen molar-refractivity contribution in [1.29, 1.82) is 0 Å². The first-order chi connectivity index (χ1) is 15.9. The summed E-state index contributed by atoms with van der Waals surface area (Å²) in [4.78, 5) is 16.4. The molecule has 2 fully saturated rings. The van der Waals surface area contributed by atoms with Crippen LogP contribution >= 0.6 is 0 Å². The molecule has 2 aromatic carbocycles. The van der Waals surface area contributed by atoms with Crippen molar-refractivity contribution in [3.63, 3.8) is 0 Å². The molecule has 4 rings (SSSR count). The zero-order chi connectivity index (χ0) is 23.3. The number of hydrogen-bond acceptors (Lipinski definition) is 4. The summed E-state index contributed by atoms with van der Waals surface area (Å²) in [6.45, 7) is 6.03. The van der Waals surface area contributed by atoms with Crippen LogP contribution in [0.3, 0.4) is 0 Å². The quantitative estimate of drug-likeness (QED) is 0.539. The number of benzene rings is 2. The fourth-order valence-corrected chi connectivity index (χ4v) is 6.06. The van der Waals surface area contributed by atoms with Crippen molar-refractivity contribution < 1.29 is 13.2 Å². The third-order valence-electron chi connectivity index (χ3n) is 6.90. The molecule has 0 spiro atoms. The van der Waals surface area contributed by atoms with Crippen LogP contribution in [-0.2, 0) is 21.2 Å². The molecular formula is C26H35N3O3S. The fraction of sp³-hybridized carbons (Fsp3) is 0.500. The number of carbonyl (C=O) groups excluding carboxylic acids is 1. The lowest BCUT2D eigenvalue weighted by atomic mass is 9.97. The van der Waals surface area contributed by atoms with Crippen LogP contribution in [0.15, 0.2) is 53.4 Å². The van der Waals surface area contributed by atoms with E-state index < -0.39 is 10.0 Å². The monoisotopic (exact) mass is 469 g/mol. The summed E-state index contributed by atoms with van der Waals surface area (Å²) in [5.74, 6) is 0.173. The van der Waals surface area contributed by atoms with Crippen LogP contribution in [0.2, 0.25) is 0 Å². The second kappa shape index (κ2) is 10.8. The second-order valence-corrected chi connectivity index (χ2v) is 11.0. The van der Waals surface area contributed by atoms with Crippen molar-refractivity contribution in [3.8, 4) is 11.1 Å². The smallest absolute Gasteiger partial charge is 0.240 e. The van der Waals surface area contributed by atoms with Gasteiger partial charge in [-0.25, -0.2) is 13.1 Å². The highest BCUT2D eigenvalue weighted by atomic mass is 32.2. The number of carbonyl (C=O) groups is 1. The van der Waals surface area contributed by atoms with Crippen LogP contribution in [0, 0.1) is 0 Å². The van der Waals surface area contributed by atoms with Gasteiger partial charge >= 0.3 is 0 Å². The van der Waals surface area contributed by atoms with Gasteiger partial charge in [0.25, 0.3) is 0 Å². The summed E-state index contributed by atoms with van der Waals surface area (Å²) in [5.41, 5.74) is 3.26. The van der Waals surface area contributed by atoms with Crippen molar-refractivity contribution in [2.75, 3.05) is 32.7 Å². The van der Waals surface area contributed by atoms with Gasteiger partial charge in [-0.15, -0.1) is 0 Å². The Labute approximate surface area is 198 Å². The molecule has 0 aliphatic carbocycles. The molecule has 2 aliphatic heterocycles. The molecular weight excluding hydrogens is 434 g/mol. The lowest BCUT2D eigenvalue weighted by molar-refractivity contribution is -0.127. The number of hydrogen-bond donors (Lipinski definition) is 1. The molecule has 2 aromatic rings. The Morgan fingerprint density at radius 1 is 1.03 bits per heavy atom. The molecule has 1 amide bonds. The first-order valence-electron chi connectivity index (χ1n) is 12.1. The van der Waals surface area contributed by atoms with Crippen molar-refractivity contribution >= 4 is 15.9 Å². The van der Waals surface area contributed by atoms with Crippen molar-refractivity contribution in [2.24, 2.45) is 0 Å². The number of rotatable bonds is 10. The fourth-order valence-electron chi connectivity index (χ4n) is 4.93. The van der Waals surface area contributed by atoms with E-state index in [1.807, 2.05) is 35.2 Å². The lowest BCUT2D eigenvalue weighted by Gasteiger charge is -2.22. The zero-order valence-electron chi connectivity index (χ0n) is 19.5. The number of amides is 1. The molecule has 178 valence electrons. The summed E-state index contributed by atoms with van der Waals surface area (Å²) < 4.78 is 28.7. The van der Waals surface area contributed by atoms with Crippen LogP contribution < -0.4 is 4.72 Å². The summed E-state index contributed by atoms with van der Waals surface area (Å²) in [6, 6.07) is 16.2. The van der Waals surface area contributed by atoms with Gasteiger partial charge in [0.2, 0.25) is 15.9 Å². The molecule has 33 heavy (non-hydrogen) atoms. The van der Waals surface area contributed by atoms with Crippen molar-refractivity contribution in [1.82, 2.24) is 14.5 Å². The van der Waals surface area contributed by atoms with E-state index in [9.17, 15) is 13.2 Å². The van der Waals surface area contributed by atoms with Crippen LogP contribution in [0.1, 0.15) is 44.6 Å². The first kappa shape index (κ1) is 23.9. The normalized spacial score (nSPS) is 19.5. The van der Waals surface area contributed by atoms with Crippen molar-refractivity contribution in [2.45, 2.75) is 56.4 Å². The number of nitrogens with one attached hydrogen (secondary N) is 1. The molecule has 7 heteroatoms. The zero-order valence-corrected chi connectivity index (χ0v) is 20.3.